The number of hydrogen-bond acceptors (Lipinski definition) is 0. The van der Waals surface area contributed by atoms with E-state index in [0.717, 1.165) is 0 Å². The molecule has 0 rings (SSSR count). The summed E-state index contributed by atoms with van der Waals surface area (Å²) in [6, 6.07) is 0. The maximum atomic E-state index is 1.60. The fourth-order valence-electron chi connectivity index (χ4n) is 0. The molecule has 0 spiro atoms. The summed E-state index contributed by atoms with van der Waals surface area (Å²) >= 11 is 0.508. The molecule has 0 aromatic rings. The maximum Gasteiger partial charge on any atom is 0 e. The molecule has 0 fully saturated rings. The summed E-state index contributed by atoms with van der Waals surface area (Å²) in [5.41, 5.74) is 0. The molecule has 0 saturated carbocycles. The zero-order valence-electron chi connectivity index (χ0n) is 3.00. The van der Waals surface area contributed by atoms with Crippen molar-refractivity contribution in [2.24, 2.45) is 0 Å². The Hall–Kier alpha value is 2.03. The summed E-state index contributed by atoms with van der Waals surface area (Å²) in [4.78, 5) is 0. The molecule has 0 nitrogen and oxygen atoms in total. The van der Waals surface area contributed by atoms with Crippen LogP contribution in [0.3, 0.4) is 0 Å². The van der Waals surface area contributed by atoms with Crippen LogP contribution in [0.4, 0.5) is 0 Å². The minimum Gasteiger partial charge on any atom is 0 e. The van der Waals surface area contributed by atoms with Crippen LogP contribution >= 0.6 is 0 Å². The predicted octanol–water partition coefficient (Wildman–Crippen LogP) is -2.37. The third kappa shape index (κ3) is 8.98. The van der Waals surface area contributed by atoms with Gasteiger partial charge in [-0.25, -0.2) is 0 Å². The molecule has 22 valence electrons. The van der Waals surface area contributed by atoms with E-state index in [-0.39, 0.29) is 21.7 Å². The molecule has 0 bridgehead atoms. The van der Waals surface area contributed by atoms with Crippen LogP contribution in [-0.2, 0) is 43.3 Å². The maximum absolute atomic E-state index is 1.60. The largest absolute Gasteiger partial charge is 0 e. The summed E-state index contributed by atoms with van der Waals surface area (Å²) < 4.78 is 0. The van der Waals surface area contributed by atoms with Gasteiger partial charge in [0.2, 0.25) is 0 Å². The Morgan fingerprint density at radius 3 is 1.25 bits per heavy atom. The fourth-order valence-corrected chi connectivity index (χ4v) is 0. The van der Waals surface area contributed by atoms with Crippen molar-refractivity contribution in [3.8, 4) is 0 Å². The molecule has 0 heterocycles. The van der Waals surface area contributed by atoms with Crippen LogP contribution in [0, 0.1) is 0 Å². The molecule has 4 heteroatoms. The van der Waals surface area contributed by atoms with Crippen LogP contribution in [0.1, 0.15) is 0 Å². The van der Waals surface area contributed by atoms with Crippen LogP contribution in [0.15, 0.2) is 0 Å². The van der Waals surface area contributed by atoms with Crippen molar-refractivity contribution >= 4 is 14.7 Å². The van der Waals surface area contributed by atoms with E-state index in [1.165, 1.54) is 0 Å². The molecular weight excluding hydrogens is 195 g/mol. The molecule has 0 atom stereocenters. The second-order valence-electron chi connectivity index (χ2n) is 0.500. The summed E-state index contributed by atoms with van der Waals surface area (Å²) in [6.07, 6.45) is 0. The van der Waals surface area contributed by atoms with E-state index in [2.05, 4.69) is 0 Å². The van der Waals surface area contributed by atoms with Gasteiger partial charge in [0, 0.05) is 21.7 Å². The topological polar surface area (TPSA) is 0 Å². The van der Waals surface area contributed by atoms with E-state index in [0.29, 0.717) is 21.6 Å². The molecule has 0 radical (unpaired) electrons. The standard InChI is InChI=1S/2H3Si.Ti.Zr/h2*1H3;;. The van der Waals surface area contributed by atoms with Crippen LogP contribution in [0.25, 0.3) is 0 Å². The molecule has 0 N–H and O–H groups in total. The van der Waals surface area contributed by atoms with Gasteiger partial charge in [0.15, 0.2) is 0 Å². The van der Waals surface area contributed by atoms with Crippen LogP contribution in [-0.4, -0.2) is 14.7 Å². The first-order chi connectivity index (χ1) is 1.41. The molecule has 0 unspecified atom stereocenters. The van der Waals surface area contributed by atoms with Gasteiger partial charge in [-0.1, -0.05) is 0 Å². The first-order valence-electron chi connectivity index (χ1n) is 1.00. The van der Waals surface area contributed by atoms with Gasteiger partial charge < -0.3 is 0 Å². The average molecular weight is 201 g/mol. The Balaban J connectivity index is 0. The predicted molar refractivity (Wildman–Crippen MR) is 19.9 cm³/mol. The number of hydrogen-bond donors (Lipinski definition) is 0. The van der Waals surface area contributed by atoms with Gasteiger partial charge in [-0.3, -0.25) is 0 Å². The molecule has 0 saturated heterocycles. The van der Waals surface area contributed by atoms with Crippen LogP contribution in [0.5, 0.6) is 0 Å². The van der Waals surface area contributed by atoms with Crippen molar-refractivity contribution in [3.63, 3.8) is 0 Å². The molecule has 0 aromatic heterocycles. The normalized spacial score (nSPS) is 5.00. The Morgan fingerprint density at radius 2 is 1.25 bits per heavy atom. The van der Waals surface area contributed by atoms with Gasteiger partial charge in [-0.15, -0.1) is 0 Å². The first-order valence-corrected chi connectivity index (χ1v) is 17.7. The van der Waals surface area contributed by atoms with Crippen molar-refractivity contribution < 1.29 is 43.3 Å². The Labute approximate surface area is 57.3 Å². The van der Waals surface area contributed by atoms with Gasteiger partial charge in [-0.05, 0) is 0 Å². The van der Waals surface area contributed by atoms with Crippen LogP contribution < -0.4 is 0 Å². The first kappa shape index (κ1) is 9.39. The van der Waals surface area contributed by atoms with Gasteiger partial charge in [0.1, 0.15) is 0 Å². The van der Waals surface area contributed by atoms with Crippen molar-refractivity contribution in [1.82, 2.24) is 0 Å². The van der Waals surface area contributed by atoms with Gasteiger partial charge in [0.05, 0.1) is 0 Å². The van der Waals surface area contributed by atoms with E-state index in [9.17, 15) is 0 Å². The minimum atomic E-state index is 0. The summed E-state index contributed by atoms with van der Waals surface area (Å²) in [6.45, 7) is 0. The van der Waals surface area contributed by atoms with Gasteiger partial charge >= 0.3 is 36.3 Å². The summed E-state index contributed by atoms with van der Waals surface area (Å²) in [5.74, 6) is 0. The Bertz CT molecular complexity index is 6.00. The van der Waals surface area contributed by atoms with E-state index in [4.69, 9.17) is 0 Å². The van der Waals surface area contributed by atoms with Crippen molar-refractivity contribution in [1.29, 1.82) is 0 Å². The fraction of sp³-hybridized carbons (Fsp3) is 0. The quantitative estimate of drug-likeness (QED) is 0.384. The monoisotopic (exact) mass is 200 g/mol. The SMILES string of the molecule is [SiH3][Zr][SiH3].[Ti]. The molecule has 0 amide bonds. The average Bonchev–Trinajstić information content (AvgIpc) is 0.918. The summed E-state index contributed by atoms with van der Waals surface area (Å²) in [7, 11) is 3.20. The van der Waals surface area contributed by atoms with Crippen molar-refractivity contribution in [2.75, 3.05) is 0 Å². The zero-order chi connectivity index (χ0) is 2.71. The van der Waals surface area contributed by atoms with E-state index >= 15 is 0 Å². The molecule has 4 heavy (non-hydrogen) atoms. The molecule has 0 aliphatic rings. The third-order valence-electron chi connectivity index (χ3n) is 0. The third-order valence-corrected chi connectivity index (χ3v) is 0. The van der Waals surface area contributed by atoms with Crippen molar-refractivity contribution in [2.45, 2.75) is 0 Å². The Kier molecular flexibility index (Phi) is 20.9. The molecule has 0 aliphatic carbocycles. The smallest absolute Gasteiger partial charge is 0 e. The second-order valence-corrected chi connectivity index (χ2v) is 26.6. The van der Waals surface area contributed by atoms with Gasteiger partial charge in [0.25, 0.3) is 0 Å². The molecule has 0 aliphatic heterocycles. The van der Waals surface area contributed by atoms with E-state index < -0.39 is 0 Å². The molecule has 0 aromatic carbocycles. The van der Waals surface area contributed by atoms with E-state index in [1.807, 2.05) is 0 Å². The second kappa shape index (κ2) is 8.90. The Morgan fingerprint density at radius 1 is 1.25 bits per heavy atom. The summed E-state index contributed by atoms with van der Waals surface area (Å²) in [5, 5.41) is 0. The molecular formula is H6Si2TiZr. The van der Waals surface area contributed by atoms with Crippen LogP contribution in [0.2, 0.25) is 0 Å². The zero-order valence-corrected chi connectivity index (χ0v) is 11.0. The van der Waals surface area contributed by atoms with E-state index in [1.54, 1.807) is 14.7 Å². The number of rotatable bonds is 0. The van der Waals surface area contributed by atoms with Crippen molar-refractivity contribution in [3.05, 3.63) is 0 Å². The minimum absolute atomic E-state index is 0. The van der Waals surface area contributed by atoms with Gasteiger partial charge in [-0.2, -0.15) is 0 Å².